The van der Waals surface area contributed by atoms with E-state index in [1.807, 2.05) is 0 Å². The molecule has 1 aromatic rings. The molecular weight excluding hydrogens is 240 g/mol. The minimum absolute atomic E-state index is 0.0104. The molecule has 0 heterocycles. The summed E-state index contributed by atoms with van der Waals surface area (Å²) in [5.74, 6) is -1.33. The van der Waals surface area contributed by atoms with E-state index in [1.165, 1.54) is 0 Å². The molecule has 0 saturated heterocycles. The third-order valence-electron chi connectivity index (χ3n) is 3.26. The van der Waals surface area contributed by atoms with Crippen molar-refractivity contribution in [3.05, 3.63) is 34.9 Å². The summed E-state index contributed by atoms with van der Waals surface area (Å²) in [6, 6.07) is 6.81. The van der Waals surface area contributed by atoms with Gasteiger partial charge in [0, 0.05) is 16.5 Å². The summed E-state index contributed by atoms with van der Waals surface area (Å²) in [5, 5.41) is 9.43. The normalized spacial score (nSPS) is 23.6. The van der Waals surface area contributed by atoms with Gasteiger partial charge >= 0.3 is 5.97 Å². The molecule has 1 aromatic carbocycles. The number of halogens is 1. The van der Waals surface area contributed by atoms with Gasteiger partial charge in [0.1, 0.15) is 0 Å². The quantitative estimate of drug-likeness (QED) is 0.842. The molecule has 1 aliphatic carbocycles. The van der Waals surface area contributed by atoms with E-state index in [9.17, 15) is 9.59 Å². The van der Waals surface area contributed by atoms with E-state index >= 15 is 0 Å². The molecule has 0 radical (unpaired) electrons. The smallest absolute Gasteiger partial charge is 0.306 e. The standard InChI is InChI=1S/C13H13ClO3/c14-11-3-1-2-8(7-11)12(15)9-4-5-10(6-9)13(16)17/h1-3,7,9-10H,4-6H2,(H,16,17). The minimum atomic E-state index is -0.800. The van der Waals surface area contributed by atoms with E-state index in [0.717, 1.165) is 0 Å². The second-order valence-electron chi connectivity index (χ2n) is 4.42. The minimum Gasteiger partial charge on any atom is -0.481 e. The lowest BCUT2D eigenvalue weighted by molar-refractivity contribution is -0.141. The van der Waals surface area contributed by atoms with Crippen molar-refractivity contribution in [3.8, 4) is 0 Å². The fourth-order valence-corrected chi connectivity index (χ4v) is 2.51. The van der Waals surface area contributed by atoms with Crippen molar-refractivity contribution in [2.24, 2.45) is 11.8 Å². The molecule has 0 aliphatic heterocycles. The molecule has 1 aliphatic rings. The average Bonchev–Trinajstić information content (AvgIpc) is 2.77. The summed E-state index contributed by atoms with van der Waals surface area (Å²) in [6.07, 6.45) is 1.69. The zero-order chi connectivity index (χ0) is 12.4. The van der Waals surface area contributed by atoms with Gasteiger partial charge < -0.3 is 5.11 Å². The Morgan fingerprint density at radius 3 is 2.53 bits per heavy atom. The Balaban J connectivity index is 2.09. The number of benzene rings is 1. The van der Waals surface area contributed by atoms with Crippen LogP contribution in [0.5, 0.6) is 0 Å². The molecule has 3 nitrogen and oxygen atoms in total. The summed E-state index contributed by atoms with van der Waals surface area (Å²) in [6.45, 7) is 0. The third kappa shape index (κ3) is 2.67. The van der Waals surface area contributed by atoms with Gasteiger partial charge in [-0.1, -0.05) is 23.7 Å². The number of carbonyl (C=O) groups is 2. The Morgan fingerprint density at radius 2 is 1.94 bits per heavy atom. The zero-order valence-corrected chi connectivity index (χ0v) is 9.98. The fourth-order valence-electron chi connectivity index (χ4n) is 2.32. The predicted molar refractivity (Wildman–Crippen MR) is 64.2 cm³/mol. The van der Waals surface area contributed by atoms with Crippen LogP contribution in [-0.4, -0.2) is 16.9 Å². The molecule has 2 atom stereocenters. The lowest BCUT2D eigenvalue weighted by Gasteiger charge is -2.08. The van der Waals surface area contributed by atoms with E-state index in [0.29, 0.717) is 29.8 Å². The predicted octanol–water partition coefficient (Wildman–Crippen LogP) is 3.02. The van der Waals surface area contributed by atoms with E-state index in [2.05, 4.69) is 0 Å². The van der Waals surface area contributed by atoms with Crippen molar-refractivity contribution < 1.29 is 14.7 Å². The van der Waals surface area contributed by atoms with Crippen molar-refractivity contribution in [1.29, 1.82) is 0 Å². The first kappa shape index (κ1) is 12.1. The molecule has 0 spiro atoms. The monoisotopic (exact) mass is 252 g/mol. The highest BCUT2D eigenvalue weighted by molar-refractivity contribution is 6.31. The summed E-state index contributed by atoms with van der Waals surface area (Å²) in [4.78, 5) is 22.9. The molecule has 2 rings (SSSR count). The number of carboxylic acids is 1. The van der Waals surface area contributed by atoms with E-state index < -0.39 is 5.97 Å². The molecule has 2 unspecified atom stereocenters. The maximum Gasteiger partial charge on any atom is 0.306 e. The maximum absolute atomic E-state index is 12.1. The lowest BCUT2D eigenvalue weighted by atomic mass is 9.95. The molecule has 90 valence electrons. The van der Waals surface area contributed by atoms with E-state index in [-0.39, 0.29) is 17.6 Å². The van der Waals surface area contributed by atoms with Crippen LogP contribution in [-0.2, 0) is 4.79 Å². The van der Waals surface area contributed by atoms with Crippen molar-refractivity contribution in [2.75, 3.05) is 0 Å². The number of Topliss-reactive ketones (excluding diaryl/α,β-unsaturated/α-hetero) is 1. The van der Waals surface area contributed by atoms with Crippen LogP contribution in [0.25, 0.3) is 0 Å². The lowest BCUT2D eigenvalue weighted by Crippen LogP contribution is -2.14. The Hall–Kier alpha value is -1.35. The molecule has 0 amide bonds. The first-order valence-electron chi connectivity index (χ1n) is 5.60. The second kappa shape index (κ2) is 4.88. The molecule has 0 aromatic heterocycles. The SMILES string of the molecule is O=C(O)C1CCC(C(=O)c2cccc(Cl)c2)C1. The first-order valence-corrected chi connectivity index (χ1v) is 5.98. The Labute approximate surface area is 104 Å². The van der Waals surface area contributed by atoms with Crippen LogP contribution in [0.3, 0.4) is 0 Å². The summed E-state index contributed by atoms with van der Waals surface area (Å²) in [7, 11) is 0. The number of hydrogen-bond donors (Lipinski definition) is 1. The number of aliphatic carboxylic acids is 1. The second-order valence-corrected chi connectivity index (χ2v) is 4.86. The first-order chi connectivity index (χ1) is 8.08. The van der Waals surface area contributed by atoms with E-state index in [4.69, 9.17) is 16.7 Å². The van der Waals surface area contributed by atoms with Gasteiger partial charge in [0.05, 0.1) is 5.92 Å². The largest absolute Gasteiger partial charge is 0.481 e. The molecule has 1 fully saturated rings. The molecule has 0 bridgehead atoms. The number of carboxylic acid groups (broad SMARTS) is 1. The van der Waals surface area contributed by atoms with Gasteiger partial charge in [-0.15, -0.1) is 0 Å². The maximum atomic E-state index is 12.1. The fraction of sp³-hybridized carbons (Fsp3) is 0.385. The van der Waals surface area contributed by atoms with Crippen LogP contribution in [0.2, 0.25) is 5.02 Å². The van der Waals surface area contributed by atoms with Crippen LogP contribution in [0.15, 0.2) is 24.3 Å². The topological polar surface area (TPSA) is 54.4 Å². The summed E-state index contributed by atoms with van der Waals surface area (Å²) in [5.41, 5.74) is 0.577. The van der Waals surface area contributed by atoms with Gasteiger partial charge in [0.25, 0.3) is 0 Å². The van der Waals surface area contributed by atoms with Gasteiger partial charge in [-0.25, -0.2) is 0 Å². The summed E-state index contributed by atoms with van der Waals surface area (Å²) < 4.78 is 0. The molecule has 1 saturated carbocycles. The highest BCUT2D eigenvalue weighted by Gasteiger charge is 2.34. The van der Waals surface area contributed by atoms with Crippen LogP contribution >= 0.6 is 11.6 Å². The van der Waals surface area contributed by atoms with Crippen molar-refractivity contribution in [3.63, 3.8) is 0 Å². The van der Waals surface area contributed by atoms with Crippen molar-refractivity contribution in [1.82, 2.24) is 0 Å². The highest BCUT2D eigenvalue weighted by Crippen LogP contribution is 2.33. The number of hydrogen-bond acceptors (Lipinski definition) is 2. The number of carbonyl (C=O) groups excluding carboxylic acids is 1. The number of rotatable bonds is 3. The molecule has 4 heteroatoms. The Morgan fingerprint density at radius 1 is 1.24 bits per heavy atom. The van der Waals surface area contributed by atoms with Crippen LogP contribution in [0.4, 0.5) is 0 Å². The van der Waals surface area contributed by atoms with Gasteiger partial charge in [0.15, 0.2) is 5.78 Å². The Kier molecular flexibility index (Phi) is 3.48. The van der Waals surface area contributed by atoms with Gasteiger partial charge in [-0.2, -0.15) is 0 Å². The third-order valence-corrected chi connectivity index (χ3v) is 3.50. The molecule has 17 heavy (non-hydrogen) atoms. The van der Waals surface area contributed by atoms with Crippen LogP contribution < -0.4 is 0 Å². The van der Waals surface area contributed by atoms with Crippen LogP contribution in [0.1, 0.15) is 29.6 Å². The molecular formula is C13H13ClO3. The zero-order valence-electron chi connectivity index (χ0n) is 9.23. The van der Waals surface area contributed by atoms with E-state index in [1.54, 1.807) is 24.3 Å². The van der Waals surface area contributed by atoms with Crippen molar-refractivity contribution in [2.45, 2.75) is 19.3 Å². The highest BCUT2D eigenvalue weighted by atomic mass is 35.5. The van der Waals surface area contributed by atoms with Gasteiger partial charge in [0.2, 0.25) is 0 Å². The molecule has 1 N–H and O–H groups in total. The van der Waals surface area contributed by atoms with Gasteiger partial charge in [-0.05, 0) is 31.4 Å². The van der Waals surface area contributed by atoms with Crippen LogP contribution in [0, 0.1) is 11.8 Å². The van der Waals surface area contributed by atoms with Crippen molar-refractivity contribution >= 4 is 23.4 Å². The average molecular weight is 253 g/mol. The Bertz CT molecular complexity index is 456. The van der Waals surface area contributed by atoms with Gasteiger partial charge in [-0.3, -0.25) is 9.59 Å². The number of ketones is 1. The summed E-state index contributed by atoms with van der Waals surface area (Å²) >= 11 is 5.83.